The van der Waals surface area contributed by atoms with Crippen molar-refractivity contribution in [1.29, 1.82) is 0 Å². The zero-order valence-corrected chi connectivity index (χ0v) is 11.1. The second-order valence-corrected chi connectivity index (χ2v) is 4.78. The molecular weight excluding hydrogens is 228 g/mol. The maximum Gasteiger partial charge on any atom is 0.119 e. The van der Waals surface area contributed by atoms with Gasteiger partial charge in [-0.15, -0.1) is 0 Å². The monoisotopic (exact) mass is 250 g/mol. The summed E-state index contributed by atoms with van der Waals surface area (Å²) in [5.41, 5.74) is 1.14. The summed E-state index contributed by atoms with van der Waals surface area (Å²) in [7, 11) is 1.67. The van der Waals surface area contributed by atoms with E-state index < -0.39 is 0 Å². The second kappa shape index (κ2) is 6.07. The second-order valence-electron chi connectivity index (χ2n) is 4.78. The Bertz CT molecular complexity index is 367. The van der Waals surface area contributed by atoms with Gasteiger partial charge in [-0.3, -0.25) is 0 Å². The molecule has 0 radical (unpaired) electrons. The molecule has 2 N–H and O–H groups in total. The average Bonchev–Trinajstić information content (AvgIpc) is 2.60. The summed E-state index contributed by atoms with van der Waals surface area (Å²) < 4.78 is 5.18. The highest BCUT2D eigenvalue weighted by Crippen LogP contribution is 2.25. The van der Waals surface area contributed by atoms with Gasteiger partial charge in [0.25, 0.3) is 0 Å². The standard InChI is InChI=1S/C14H22N2O2/c1-11-7-8-15-9-13(10-17)16(11)12-3-5-14(18-2)6-4-12/h3-6,11,13,15,17H,7-10H2,1-2H3. The van der Waals surface area contributed by atoms with Gasteiger partial charge in [-0.1, -0.05) is 0 Å². The smallest absolute Gasteiger partial charge is 0.119 e. The first kappa shape index (κ1) is 13.2. The van der Waals surface area contributed by atoms with Gasteiger partial charge in [0.15, 0.2) is 0 Å². The highest BCUT2D eigenvalue weighted by atomic mass is 16.5. The lowest BCUT2D eigenvalue weighted by Crippen LogP contribution is -2.46. The van der Waals surface area contributed by atoms with Crippen LogP contribution in [0.2, 0.25) is 0 Å². The minimum absolute atomic E-state index is 0.135. The molecule has 1 heterocycles. The molecule has 100 valence electrons. The summed E-state index contributed by atoms with van der Waals surface area (Å²) in [6, 6.07) is 8.61. The molecule has 2 rings (SSSR count). The molecule has 18 heavy (non-hydrogen) atoms. The molecule has 1 aromatic rings. The Kier molecular flexibility index (Phi) is 4.44. The van der Waals surface area contributed by atoms with Crippen molar-refractivity contribution in [1.82, 2.24) is 5.32 Å². The van der Waals surface area contributed by atoms with Crippen LogP contribution in [0.4, 0.5) is 5.69 Å². The Balaban J connectivity index is 2.24. The molecule has 4 heteroatoms. The fourth-order valence-corrected chi connectivity index (χ4v) is 2.55. The van der Waals surface area contributed by atoms with Crippen LogP contribution in [0.25, 0.3) is 0 Å². The molecule has 0 aromatic heterocycles. The summed E-state index contributed by atoms with van der Waals surface area (Å²) in [6.45, 7) is 4.21. The van der Waals surface area contributed by atoms with E-state index in [1.165, 1.54) is 0 Å². The van der Waals surface area contributed by atoms with Crippen molar-refractivity contribution in [2.75, 3.05) is 31.7 Å². The lowest BCUT2D eigenvalue weighted by molar-refractivity contribution is 0.255. The third-order valence-electron chi connectivity index (χ3n) is 3.57. The molecule has 1 aliphatic heterocycles. The van der Waals surface area contributed by atoms with Crippen LogP contribution >= 0.6 is 0 Å². The maximum atomic E-state index is 9.56. The average molecular weight is 250 g/mol. The molecule has 0 saturated carbocycles. The molecule has 0 amide bonds. The van der Waals surface area contributed by atoms with Gasteiger partial charge in [-0.2, -0.15) is 0 Å². The number of methoxy groups -OCH3 is 1. The number of hydrogen-bond donors (Lipinski definition) is 2. The largest absolute Gasteiger partial charge is 0.497 e. The molecule has 1 fully saturated rings. The van der Waals surface area contributed by atoms with Crippen LogP contribution in [0.1, 0.15) is 13.3 Å². The number of nitrogens with one attached hydrogen (secondary N) is 1. The molecule has 1 saturated heterocycles. The van der Waals surface area contributed by atoms with E-state index in [2.05, 4.69) is 29.3 Å². The number of ether oxygens (including phenoxy) is 1. The van der Waals surface area contributed by atoms with Crippen molar-refractivity contribution < 1.29 is 9.84 Å². The summed E-state index contributed by atoms with van der Waals surface area (Å²) in [5.74, 6) is 0.861. The normalized spacial score (nSPS) is 24.7. The lowest BCUT2D eigenvalue weighted by Gasteiger charge is -2.35. The number of rotatable bonds is 3. The molecule has 0 aliphatic carbocycles. The Labute approximate surface area is 109 Å². The van der Waals surface area contributed by atoms with Crippen molar-refractivity contribution >= 4 is 5.69 Å². The van der Waals surface area contributed by atoms with Crippen LogP contribution in [-0.2, 0) is 0 Å². The first-order valence-electron chi connectivity index (χ1n) is 6.50. The zero-order chi connectivity index (χ0) is 13.0. The van der Waals surface area contributed by atoms with Crippen molar-refractivity contribution in [2.24, 2.45) is 0 Å². The van der Waals surface area contributed by atoms with Crippen LogP contribution < -0.4 is 15.0 Å². The van der Waals surface area contributed by atoms with E-state index in [0.717, 1.165) is 30.9 Å². The van der Waals surface area contributed by atoms with Gasteiger partial charge in [-0.05, 0) is 44.2 Å². The van der Waals surface area contributed by atoms with Crippen LogP contribution in [0.3, 0.4) is 0 Å². The molecule has 1 aliphatic rings. The Hall–Kier alpha value is -1.26. The summed E-state index contributed by atoms with van der Waals surface area (Å²) in [5, 5.41) is 12.9. The quantitative estimate of drug-likeness (QED) is 0.847. The summed E-state index contributed by atoms with van der Waals surface area (Å²) in [4.78, 5) is 2.31. The molecule has 4 nitrogen and oxygen atoms in total. The zero-order valence-electron chi connectivity index (χ0n) is 11.1. The first-order valence-corrected chi connectivity index (χ1v) is 6.50. The van der Waals surface area contributed by atoms with E-state index in [1.54, 1.807) is 7.11 Å². The van der Waals surface area contributed by atoms with Gasteiger partial charge in [0.05, 0.1) is 19.8 Å². The first-order chi connectivity index (χ1) is 8.76. The van der Waals surface area contributed by atoms with E-state index in [-0.39, 0.29) is 12.6 Å². The highest BCUT2D eigenvalue weighted by molar-refractivity contribution is 5.51. The number of hydrogen-bond acceptors (Lipinski definition) is 4. The third-order valence-corrected chi connectivity index (χ3v) is 3.57. The van der Waals surface area contributed by atoms with Crippen molar-refractivity contribution in [3.63, 3.8) is 0 Å². The predicted molar refractivity (Wildman–Crippen MR) is 73.3 cm³/mol. The molecule has 2 atom stereocenters. The van der Waals surface area contributed by atoms with Gasteiger partial charge < -0.3 is 20.1 Å². The highest BCUT2D eigenvalue weighted by Gasteiger charge is 2.25. The topological polar surface area (TPSA) is 44.7 Å². The fourth-order valence-electron chi connectivity index (χ4n) is 2.55. The van der Waals surface area contributed by atoms with E-state index in [9.17, 15) is 5.11 Å². The Morgan fingerprint density at radius 2 is 2.11 bits per heavy atom. The summed E-state index contributed by atoms with van der Waals surface area (Å²) in [6.07, 6.45) is 1.09. The molecule has 0 spiro atoms. The van der Waals surface area contributed by atoms with E-state index >= 15 is 0 Å². The van der Waals surface area contributed by atoms with Crippen LogP contribution in [0, 0.1) is 0 Å². The Morgan fingerprint density at radius 3 is 2.72 bits per heavy atom. The van der Waals surface area contributed by atoms with Crippen molar-refractivity contribution in [3.05, 3.63) is 24.3 Å². The number of benzene rings is 1. The minimum Gasteiger partial charge on any atom is -0.497 e. The summed E-state index contributed by atoms with van der Waals surface area (Å²) >= 11 is 0. The fraction of sp³-hybridized carbons (Fsp3) is 0.571. The van der Waals surface area contributed by atoms with Crippen molar-refractivity contribution in [3.8, 4) is 5.75 Å². The molecule has 0 bridgehead atoms. The van der Waals surface area contributed by atoms with Gasteiger partial charge in [0.2, 0.25) is 0 Å². The number of nitrogens with zero attached hydrogens (tertiary/aromatic N) is 1. The van der Waals surface area contributed by atoms with Gasteiger partial charge >= 0.3 is 0 Å². The Morgan fingerprint density at radius 1 is 1.39 bits per heavy atom. The SMILES string of the molecule is COc1ccc(N2C(C)CCNCC2CO)cc1. The van der Waals surface area contributed by atoms with E-state index in [0.29, 0.717) is 6.04 Å². The maximum absolute atomic E-state index is 9.56. The predicted octanol–water partition coefficient (Wildman–Crippen LogP) is 1.24. The number of aliphatic hydroxyl groups is 1. The third kappa shape index (κ3) is 2.76. The van der Waals surface area contributed by atoms with Gasteiger partial charge in [0, 0.05) is 18.3 Å². The van der Waals surface area contributed by atoms with E-state index in [1.807, 2.05) is 12.1 Å². The van der Waals surface area contributed by atoms with Crippen LogP contribution in [-0.4, -0.2) is 44.0 Å². The van der Waals surface area contributed by atoms with Crippen molar-refractivity contribution in [2.45, 2.75) is 25.4 Å². The lowest BCUT2D eigenvalue weighted by atomic mass is 10.1. The molecule has 1 aromatic carbocycles. The number of anilines is 1. The van der Waals surface area contributed by atoms with Gasteiger partial charge in [0.1, 0.15) is 5.75 Å². The van der Waals surface area contributed by atoms with Crippen LogP contribution in [0.15, 0.2) is 24.3 Å². The minimum atomic E-state index is 0.135. The van der Waals surface area contributed by atoms with E-state index in [4.69, 9.17) is 4.74 Å². The van der Waals surface area contributed by atoms with Crippen LogP contribution in [0.5, 0.6) is 5.75 Å². The number of aliphatic hydroxyl groups excluding tert-OH is 1. The molecule has 2 unspecified atom stereocenters. The molecular formula is C14H22N2O2. The van der Waals surface area contributed by atoms with Gasteiger partial charge in [-0.25, -0.2) is 0 Å².